The Morgan fingerprint density at radius 2 is 1.76 bits per heavy atom. The van der Waals surface area contributed by atoms with Gasteiger partial charge in [0.05, 0.1) is 11.9 Å². The lowest BCUT2D eigenvalue weighted by molar-refractivity contribution is -0.131. The normalized spacial score (nSPS) is 13.9. The van der Waals surface area contributed by atoms with Crippen molar-refractivity contribution >= 4 is 23.2 Å². The summed E-state index contributed by atoms with van der Waals surface area (Å²) in [5.74, 6) is 1.73. The van der Waals surface area contributed by atoms with E-state index in [0.717, 1.165) is 31.0 Å². The molecule has 0 aliphatic carbocycles. The van der Waals surface area contributed by atoms with Crippen LogP contribution in [-0.2, 0) is 11.2 Å². The second-order valence-corrected chi connectivity index (χ2v) is 7.00. The number of hydrogen-bond acceptors (Lipinski definition) is 6. The maximum atomic E-state index is 12.5. The largest absolute Gasteiger partial charge is 0.352 e. The predicted molar refractivity (Wildman–Crippen MR) is 113 cm³/mol. The third-order valence-electron chi connectivity index (χ3n) is 5.01. The lowest BCUT2D eigenvalue weighted by Crippen LogP contribution is -2.49. The Bertz CT molecular complexity index is 909. The van der Waals surface area contributed by atoms with Gasteiger partial charge in [0.1, 0.15) is 0 Å². The minimum absolute atomic E-state index is 0.218. The Morgan fingerprint density at radius 1 is 0.931 bits per heavy atom. The number of carbonyl (C=O) groups excluding carboxylic acids is 1. The topological polar surface area (TPSA) is 74.2 Å². The molecule has 7 heteroatoms. The fourth-order valence-electron chi connectivity index (χ4n) is 3.38. The van der Waals surface area contributed by atoms with Gasteiger partial charge in [-0.25, -0.2) is 0 Å². The van der Waals surface area contributed by atoms with E-state index >= 15 is 0 Å². The van der Waals surface area contributed by atoms with Gasteiger partial charge < -0.3 is 15.1 Å². The summed E-state index contributed by atoms with van der Waals surface area (Å²) < 4.78 is 0. The van der Waals surface area contributed by atoms with Crippen molar-refractivity contribution < 1.29 is 4.79 Å². The molecule has 0 atom stereocenters. The smallest absolute Gasteiger partial charge is 0.223 e. The van der Waals surface area contributed by atoms with Crippen LogP contribution in [-0.4, -0.2) is 52.2 Å². The molecule has 0 spiro atoms. The molecular formula is C22H24N6O. The molecule has 1 amide bonds. The SMILES string of the molecule is O=C(CCc1ccccc1)N1CCN(c2ccc(Nc3cccnc3)nn2)CC1. The number of benzene rings is 1. The van der Waals surface area contributed by atoms with Crippen LogP contribution in [0.3, 0.4) is 0 Å². The number of piperazine rings is 1. The van der Waals surface area contributed by atoms with E-state index in [9.17, 15) is 4.79 Å². The molecule has 1 fully saturated rings. The lowest BCUT2D eigenvalue weighted by Gasteiger charge is -2.35. The Balaban J connectivity index is 1.26. The molecule has 1 saturated heterocycles. The second-order valence-electron chi connectivity index (χ2n) is 7.00. The van der Waals surface area contributed by atoms with Crippen LogP contribution in [0.15, 0.2) is 67.0 Å². The molecule has 0 radical (unpaired) electrons. The second kappa shape index (κ2) is 9.14. The molecule has 148 valence electrons. The molecule has 3 heterocycles. The molecule has 4 rings (SSSR count). The van der Waals surface area contributed by atoms with Crippen molar-refractivity contribution in [1.82, 2.24) is 20.1 Å². The fraction of sp³-hybridized carbons (Fsp3) is 0.273. The van der Waals surface area contributed by atoms with Gasteiger partial charge in [0.15, 0.2) is 11.6 Å². The van der Waals surface area contributed by atoms with E-state index in [1.165, 1.54) is 5.56 Å². The zero-order valence-electron chi connectivity index (χ0n) is 16.2. The molecule has 1 aliphatic rings. The maximum absolute atomic E-state index is 12.5. The van der Waals surface area contributed by atoms with Gasteiger partial charge in [0.25, 0.3) is 0 Å². The summed E-state index contributed by atoms with van der Waals surface area (Å²) in [6.45, 7) is 2.96. The number of aromatic nitrogens is 3. The first-order valence-corrected chi connectivity index (χ1v) is 9.85. The van der Waals surface area contributed by atoms with Crippen LogP contribution in [0, 0.1) is 0 Å². The van der Waals surface area contributed by atoms with Gasteiger partial charge in [-0.05, 0) is 36.2 Å². The number of nitrogens with one attached hydrogen (secondary N) is 1. The number of anilines is 3. The summed E-state index contributed by atoms with van der Waals surface area (Å²) in [6.07, 6.45) is 4.81. The summed E-state index contributed by atoms with van der Waals surface area (Å²) >= 11 is 0. The number of nitrogens with zero attached hydrogens (tertiary/aromatic N) is 5. The van der Waals surface area contributed by atoms with E-state index in [-0.39, 0.29) is 5.91 Å². The van der Waals surface area contributed by atoms with E-state index in [1.807, 2.05) is 47.4 Å². The molecule has 3 aromatic rings. The summed E-state index contributed by atoms with van der Waals surface area (Å²) in [7, 11) is 0. The highest BCUT2D eigenvalue weighted by atomic mass is 16.2. The van der Waals surface area contributed by atoms with Crippen molar-refractivity contribution in [1.29, 1.82) is 0 Å². The molecule has 0 saturated carbocycles. The van der Waals surface area contributed by atoms with Crippen LogP contribution >= 0.6 is 0 Å². The quantitative estimate of drug-likeness (QED) is 0.700. The third-order valence-corrected chi connectivity index (χ3v) is 5.01. The number of rotatable bonds is 6. The van der Waals surface area contributed by atoms with Crippen LogP contribution < -0.4 is 10.2 Å². The zero-order chi connectivity index (χ0) is 19.9. The minimum atomic E-state index is 0.218. The van der Waals surface area contributed by atoms with E-state index in [1.54, 1.807) is 12.4 Å². The standard InChI is InChI=1S/C22H24N6O/c29-22(11-8-18-5-2-1-3-6-18)28-15-13-27(14-16-28)21-10-9-20(25-26-21)24-19-7-4-12-23-17-19/h1-7,9-10,12,17H,8,11,13-16H2,(H,24,25). The Labute approximate surface area is 170 Å². The summed E-state index contributed by atoms with van der Waals surface area (Å²) in [5, 5.41) is 11.8. The van der Waals surface area contributed by atoms with Crippen LogP contribution in [0.2, 0.25) is 0 Å². The van der Waals surface area contributed by atoms with E-state index in [2.05, 4.69) is 37.5 Å². The molecule has 0 bridgehead atoms. The molecule has 0 unspecified atom stereocenters. The van der Waals surface area contributed by atoms with E-state index in [0.29, 0.717) is 25.3 Å². The fourth-order valence-corrected chi connectivity index (χ4v) is 3.38. The van der Waals surface area contributed by atoms with Crippen molar-refractivity contribution in [2.75, 3.05) is 36.4 Å². The van der Waals surface area contributed by atoms with Gasteiger partial charge in [0.2, 0.25) is 5.91 Å². The summed E-state index contributed by atoms with van der Waals surface area (Å²) in [6, 6.07) is 17.8. The Kier molecular flexibility index (Phi) is 5.95. The molecule has 2 aromatic heterocycles. The van der Waals surface area contributed by atoms with Crippen molar-refractivity contribution in [3.05, 3.63) is 72.6 Å². The lowest BCUT2D eigenvalue weighted by atomic mass is 10.1. The first kappa shape index (κ1) is 18.9. The van der Waals surface area contributed by atoms with Gasteiger partial charge in [-0.3, -0.25) is 9.78 Å². The number of pyridine rings is 1. The van der Waals surface area contributed by atoms with Gasteiger partial charge in [-0.15, -0.1) is 10.2 Å². The monoisotopic (exact) mass is 388 g/mol. The zero-order valence-corrected chi connectivity index (χ0v) is 16.2. The van der Waals surface area contributed by atoms with Crippen LogP contribution in [0.25, 0.3) is 0 Å². The van der Waals surface area contributed by atoms with Crippen molar-refractivity contribution in [3.63, 3.8) is 0 Å². The molecule has 7 nitrogen and oxygen atoms in total. The van der Waals surface area contributed by atoms with Crippen LogP contribution in [0.5, 0.6) is 0 Å². The Morgan fingerprint density at radius 3 is 2.45 bits per heavy atom. The molecule has 29 heavy (non-hydrogen) atoms. The molecule has 1 aliphatic heterocycles. The Hall–Kier alpha value is -3.48. The van der Waals surface area contributed by atoms with Gasteiger partial charge in [-0.2, -0.15) is 0 Å². The highest BCUT2D eigenvalue weighted by Gasteiger charge is 2.21. The summed E-state index contributed by atoms with van der Waals surface area (Å²) in [5.41, 5.74) is 2.08. The minimum Gasteiger partial charge on any atom is -0.352 e. The number of hydrogen-bond donors (Lipinski definition) is 1. The highest BCUT2D eigenvalue weighted by Crippen LogP contribution is 2.17. The first-order valence-electron chi connectivity index (χ1n) is 9.85. The highest BCUT2D eigenvalue weighted by molar-refractivity contribution is 5.76. The average molecular weight is 388 g/mol. The van der Waals surface area contributed by atoms with Gasteiger partial charge in [-0.1, -0.05) is 30.3 Å². The number of aryl methyl sites for hydroxylation is 1. The van der Waals surface area contributed by atoms with E-state index in [4.69, 9.17) is 0 Å². The van der Waals surface area contributed by atoms with Crippen molar-refractivity contribution in [2.24, 2.45) is 0 Å². The predicted octanol–water partition coefficient (Wildman–Crippen LogP) is 2.90. The molecule has 1 aromatic carbocycles. The van der Waals surface area contributed by atoms with Crippen LogP contribution in [0.1, 0.15) is 12.0 Å². The third kappa shape index (κ3) is 5.07. The maximum Gasteiger partial charge on any atom is 0.223 e. The summed E-state index contributed by atoms with van der Waals surface area (Å²) in [4.78, 5) is 20.7. The van der Waals surface area contributed by atoms with Crippen LogP contribution in [0.4, 0.5) is 17.3 Å². The average Bonchev–Trinajstić information content (AvgIpc) is 2.79. The van der Waals surface area contributed by atoms with Crippen molar-refractivity contribution in [3.8, 4) is 0 Å². The number of amides is 1. The molecule has 1 N–H and O–H groups in total. The van der Waals surface area contributed by atoms with Crippen molar-refractivity contribution in [2.45, 2.75) is 12.8 Å². The van der Waals surface area contributed by atoms with E-state index < -0.39 is 0 Å². The first-order chi connectivity index (χ1) is 14.3. The van der Waals surface area contributed by atoms with Gasteiger partial charge >= 0.3 is 0 Å². The van der Waals surface area contributed by atoms with Gasteiger partial charge in [0, 0.05) is 38.8 Å². The molecular weight excluding hydrogens is 364 g/mol. The number of carbonyl (C=O) groups is 1.